The summed E-state index contributed by atoms with van der Waals surface area (Å²) in [6, 6.07) is 0. The van der Waals surface area contributed by atoms with Crippen LogP contribution in [0.1, 0.15) is 31.2 Å². The maximum Gasteiger partial charge on any atom is 0.226 e. The molecule has 1 saturated heterocycles. The van der Waals surface area contributed by atoms with Gasteiger partial charge in [0.2, 0.25) is 11.0 Å². The molecule has 0 radical (unpaired) electrons. The molecule has 0 saturated carbocycles. The average molecular weight is 254 g/mol. The molecular weight excluding hydrogens is 236 g/mol. The van der Waals surface area contributed by atoms with Gasteiger partial charge in [-0.15, -0.1) is 10.2 Å². The highest BCUT2D eigenvalue weighted by atomic mass is 32.1. The molecule has 1 aromatic rings. The number of aryl methyl sites for hydroxylation is 1. The van der Waals surface area contributed by atoms with E-state index in [1.807, 2.05) is 6.92 Å². The maximum absolute atomic E-state index is 11.7. The molecule has 1 fully saturated rings. The quantitative estimate of drug-likeness (QED) is 0.834. The molecule has 0 aliphatic carbocycles. The molecule has 6 heteroatoms. The van der Waals surface area contributed by atoms with Gasteiger partial charge in [0.05, 0.1) is 0 Å². The van der Waals surface area contributed by atoms with Gasteiger partial charge in [0.1, 0.15) is 5.01 Å². The van der Waals surface area contributed by atoms with Gasteiger partial charge in [-0.1, -0.05) is 18.3 Å². The average Bonchev–Trinajstić information content (AvgIpc) is 2.97. The smallest absolute Gasteiger partial charge is 0.226 e. The van der Waals surface area contributed by atoms with Crippen molar-refractivity contribution in [2.24, 2.45) is 5.92 Å². The van der Waals surface area contributed by atoms with Gasteiger partial charge in [-0.3, -0.25) is 4.79 Å². The Kier molecular flexibility index (Phi) is 4.44. The van der Waals surface area contributed by atoms with Crippen molar-refractivity contribution in [3.63, 3.8) is 0 Å². The Bertz CT molecular complexity index is 373. The molecule has 1 atom stereocenters. The summed E-state index contributed by atoms with van der Waals surface area (Å²) in [6.07, 6.45) is 3.58. The first-order valence-corrected chi connectivity index (χ1v) is 6.92. The molecule has 2 N–H and O–H groups in total. The Morgan fingerprint density at radius 2 is 2.47 bits per heavy atom. The number of nitrogens with one attached hydrogen (secondary N) is 2. The fourth-order valence-corrected chi connectivity index (χ4v) is 2.62. The third kappa shape index (κ3) is 3.74. The number of aromatic nitrogens is 2. The van der Waals surface area contributed by atoms with Crippen molar-refractivity contribution >= 4 is 22.4 Å². The Balaban J connectivity index is 1.72. The van der Waals surface area contributed by atoms with E-state index in [0.717, 1.165) is 30.9 Å². The highest BCUT2D eigenvalue weighted by Gasteiger charge is 2.16. The lowest BCUT2D eigenvalue weighted by Gasteiger charge is -2.06. The van der Waals surface area contributed by atoms with E-state index in [4.69, 9.17) is 0 Å². The van der Waals surface area contributed by atoms with E-state index in [9.17, 15) is 4.79 Å². The van der Waals surface area contributed by atoms with Gasteiger partial charge >= 0.3 is 0 Å². The van der Waals surface area contributed by atoms with Crippen LogP contribution in [0.15, 0.2) is 0 Å². The van der Waals surface area contributed by atoms with E-state index < -0.39 is 0 Å². The van der Waals surface area contributed by atoms with Crippen LogP contribution in [0, 0.1) is 5.92 Å². The predicted octanol–water partition coefficient (Wildman–Crippen LogP) is 1.43. The minimum atomic E-state index is 0.0516. The predicted molar refractivity (Wildman–Crippen MR) is 68.1 cm³/mol. The van der Waals surface area contributed by atoms with Crippen LogP contribution < -0.4 is 10.6 Å². The number of carbonyl (C=O) groups is 1. The molecule has 0 spiro atoms. The Morgan fingerprint density at radius 3 is 3.12 bits per heavy atom. The first-order valence-electron chi connectivity index (χ1n) is 6.11. The topological polar surface area (TPSA) is 66.9 Å². The monoisotopic (exact) mass is 254 g/mol. The van der Waals surface area contributed by atoms with Crippen molar-refractivity contribution in [3.05, 3.63) is 5.01 Å². The van der Waals surface area contributed by atoms with Crippen LogP contribution in [-0.4, -0.2) is 29.2 Å². The SMILES string of the molecule is CCc1nnc(NC(=O)CCC2CCNC2)s1. The third-order valence-corrected chi connectivity index (χ3v) is 3.94. The molecule has 1 aromatic heterocycles. The van der Waals surface area contributed by atoms with Crippen molar-refractivity contribution in [1.82, 2.24) is 15.5 Å². The lowest BCUT2D eigenvalue weighted by atomic mass is 10.0. The molecule has 5 nitrogen and oxygen atoms in total. The molecule has 1 amide bonds. The number of nitrogens with zero attached hydrogens (tertiary/aromatic N) is 2. The van der Waals surface area contributed by atoms with Gasteiger partial charge in [-0.05, 0) is 38.3 Å². The molecule has 1 aliphatic rings. The van der Waals surface area contributed by atoms with Crippen molar-refractivity contribution < 1.29 is 4.79 Å². The zero-order valence-corrected chi connectivity index (χ0v) is 10.8. The van der Waals surface area contributed by atoms with Gasteiger partial charge < -0.3 is 10.6 Å². The van der Waals surface area contributed by atoms with E-state index >= 15 is 0 Å². The normalized spacial score (nSPS) is 19.5. The minimum Gasteiger partial charge on any atom is -0.316 e. The minimum absolute atomic E-state index is 0.0516. The fraction of sp³-hybridized carbons (Fsp3) is 0.727. The fourth-order valence-electron chi connectivity index (χ4n) is 1.92. The molecule has 17 heavy (non-hydrogen) atoms. The van der Waals surface area contributed by atoms with Crippen LogP contribution in [0.5, 0.6) is 0 Å². The summed E-state index contributed by atoms with van der Waals surface area (Å²) in [7, 11) is 0. The largest absolute Gasteiger partial charge is 0.316 e. The highest BCUT2D eigenvalue weighted by Crippen LogP contribution is 2.17. The Labute approximate surface area is 105 Å². The maximum atomic E-state index is 11.7. The van der Waals surface area contributed by atoms with Crippen LogP contribution in [0.4, 0.5) is 5.13 Å². The zero-order chi connectivity index (χ0) is 12.1. The van der Waals surface area contributed by atoms with Crippen LogP contribution in [0.25, 0.3) is 0 Å². The third-order valence-electron chi connectivity index (χ3n) is 2.96. The lowest BCUT2D eigenvalue weighted by Crippen LogP contribution is -2.14. The van der Waals surface area contributed by atoms with Crippen LogP contribution in [0.3, 0.4) is 0 Å². The summed E-state index contributed by atoms with van der Waals surface area (Å²) < 4.78 is 0. The van der Waals surface area contributed by atoms with E-state index in [-0.39, 0.29) is 5.91 Å². The lowest BCUT2D eigenvalue weighted by molar-refractivity contribution is -0.116. The van der Waals surface area contributed by atoms with E-state index in [1.165, 1.54) is 17.8 Å². The molecule has 1 aliphatic heterocycles. The van der Waals surface area contributed by atoms with Crippen LogP contribution >= 0.6 is 11.3 Å². The van der Waals surface area contributed by atoms with Crippen LogP contribution in [-0.2, 0) is 11.2 Å². The standard InChI is InChI=1S/C11H18N4OS/c1-2-10-14-15-11(17-10)13-9(16)4-3-8-5-6-12-7-8/h8,12H,2-7H2,1H3,(H,13,15,16). The molecule has 0 aromatic carbocycles. The Hall–Kier alpha value is -1.01. The van der Waals surface area contributed by atoms with E-state index in [2.05, 4.69) is 20.8 Å². The van der Waals surface area contributed by atoms with Crippen molar-refractivity contribution in [2.75, 3.05) is 18.4 Å². The van der Waals surface area contributed by atoms with Crippen molar-refractivity contribution in [2.45, 2.75) is 32.6 Å². The van der Waals surface area contributed by atoms with Crippen molar-refractivity contribution in [3.8, 4) is 0 Å². The summed E-state index contributed by atoms with van der Waals surface area (Å²) in [5, 5.41) is 15.6. The number of hydrogen-bond donors (Lipinski definition) is 2. The summed E-state index contributed by atoms with van der Waals surface area (Å²) in [5.41, 5.74) is 0. The number of amides is 1. The molecule has 2 rings (SSSR count). The van der Waals surface area contributed by atoms with E-state index in [0.29, 0.717) is 17.5 Å². The summed E-state index contributed by atoms with van der Waals surface area (Å²) in [6.45, 7) is 4.16. The number of anilines is 1. The summed E-state index contributed by atoms with van der Waals surface area (Å²) in [4.78, 5) is 11.7. The van der Waals surface area contributed by atoms with Crippen molar-refractivity contribution in [1.29, 1.82) is 0 Å². The molecular formula is C11H18N4OS. The number of rotatable bonds is 5. The van der Waals surface area contributed by atoms with Crippen LogP contribution in [0.2, 0.25) is 0 Å². The first-order chi connectivity index (χ1) is 8.28. The van der Waals surface area contributed by atoms with Gasteiger partial charge in [-0.2, -0.15) is 0 Å². The van der Waals surface area contributed by atoms with Gasteiger partial charge in [0.25, 0.3) is 0 Å². The molecule has 94 valence electrons. The summed E-state index contributed by atoms with van der Waals surface area (Å²) >= 11 is 1.45. The second-order valence-electron chi connectivity index (χ2n) is 4.30. The zero-order valence-electron chi connectivity index (χ0n) is 10.0. The highest BCUT2D eigenvalue weighted by molar-refractivity contribution is 7.15. The second kappa shape index (κ2) is 6.07. The number of carbonyl (C=O) groups excluding carboxylic acids is 1. The first kappa shape index (κ1) is 12.4. The number of hydrogen-bond acceptors (Lipinski definition) is 5. The molecule has 1 unspecified atom stereocenters. The Morgan fingerprint density at radius 1 is 1.59 bits per heavy atom. The second-order valence-corrected chi connectivity index (χ2v) is 5.36. The van der Waals surface area contributed by atoms with E-state index in [1.54, 1.807) is 0 Å². The van der Waals surface area contributed by atoms with Gasteiger partial charge in [0.15, 0.2) is 0 Å². The molecule has 2 heterocycles. The van der Waals surface area contributed by atoms with Gasteiger partial charge in [0, 0.05) is 6.42 Å². The van der Waals surface area contributed by atoms with Gasteiger partial charge in [-0.25, -0.2) is 0 Å². The summed E-state index contributed by atoms with van der Waals surface area (Å²) in [5.74, 6) is 0.706. The molecule has 0 bridgehead atoms.